The molecule has 9 heteroatoms. The molecule has 0 atom stereocenters. The maximum absolute atomic E-state index is 12.1. The Hall–Kier alpha value is -2.05. The number of amides is 1. The van der Waals surface area contributed by atoms with E-state index in [0.717, 1.165) is 30.6 Å². The van der Waals surface area contributed by atoms with Gasteiger partial charge in [0.25, 0.3) is 0 Å². The number of nitriles is 1. The molecule has 0 saturated heterocycles. The third-order valence-corrected chi connectivity index (χ3v) is 5.60. The van der Waals surface area contributed by atoms with Crippen LogP contribution in [0.4, 0.5) is 0 Å². The first-order valence-corrected chi connectivity index (χ1v) is 9.09. The first-order valence-electron chi connectivity index (χ1n) is 7.23. The first kappa shape index (κ1) is 15.8. The fourth-order valence-corrected chi connectivity index (χ4v) is 3.99. The summed E-state index contributed by atoms with van der Waals surface area (Å²) in [5.41, 5.74) is -0.698. The summed E-state index contributed by atoms with van der Waals surface area (Å²) in [6, 6.07) is 6.07. The van der Waals surface area contributed by atoms with E-state index in [1.807, 2.05) is 17.5 Å². The molecule has 120 valence electrons. The number of carbonyl (C=O) groups is 1. The Balaban J connectivity index is 1.61. The van der Waals surface area contributed by atoms with Crippen LogP contribution in [0.3, 0.4) is 0 Å². The lowest BCUT2D eigenvalue weighted by atomic mass is 10.0. The third-order valence-electron chi connectivity index (χ3n) is 3.79. The van der Waals surface area contributed by atoms with E-state index in [2.05, 4.69) is 21.6 Å². The van der Waals surface area contributed by atoms with E-state index in [4.69, 9.17) is 5.84 Å². The second-order valence-electron chi connectivity index (χ2n) is 5.39. The minimum Gasteiger partial charge on any atom is -0.337 e. The van der Waals surface area contributed by atoms with Gasteiger partial charge >= 0.3 is 0 Å². The molecule has 3 rings (SSSR count). The van der Waals surface area contributed by atoms with E-state index < -0.39 is 5.54 Å². The number of rotatable bonds is 5. The molecule has 0 radical (unpaired) electrons. The maximum Gasteiger partial charge on any atom is 0.231 e. The van der Waals surface area contributed by atoms with Gasteiger partial charge < -0.3 is 11.2 Å². The normalized spacial score (nSPS) is 16.1. The van der Waals surface area contributed by atoms with Crippen LogP contribution in [0.2, 0.25) is 0 Å². The monoisotopic (exact) mass is 348 g/mol. The number of carbonyl (C=O) groups excluding carboxylic acids is 1. The van der Waals surface area contributed by atoms with Crippen LogP contribution in [0.15, 0.2) is 22.7 Å². The molecule has 1 amide bonds. The SMILES string of the molecule is N#CC1(NC(=O)CSc2nnc(-c3cccs3)n2N)CCCC1. The molecule has 1 saturated carbocycles. The predicted octanol–water partition coefficient (Wildman–Crippen LogP) is 1.77. The van der Waals surface area contributed by atoms with Gasteiger partial charge in [-0.2, -0.15) is 5.26 Å². The Morgan fingerprint density at radius 1 is 1.52 bits per heavy atom. The molecular formula is C14H16N6OS2. The summed E-state index contributed by atoms with van der Waals surface area (Å²) in [7, 11) is 0. The molecule has 0 bridgehead atoms. The second kappa shape index (κ2) is 6.60. The van der Waals surface area contributed by atoms with E-state index >= 15 is 0 Å². The van der Waals surface area contributed by atoms with Gasteiger partial charge in [0.1, 0.15) is 5.54 Å². The van der Waals surface area contributed by atoms with Crippen LogP contribution in [0, 0.1) is 11.3 Å². The summed E-state index contributed by atoms with van der Waals surface area (Å²) >= 11 is 2.74. The van der Waals surface area contributed by atoms with Crippen LogP contribution in [-0.2, 0) is 4.79 Å². The Morgan fingerprint density at radius 3 is 2.96 bits per heavy atom. The summed E-state index contributed by atoms with van der Waals surface area (Å²) in [5.74, 6) is 6.54. The van der Waals surface area contributed by atoms with Gasteiger partial charge in [0.05, 0.1) is 16.7 Å². The van der Waals surface area contributed by atoms with Gasteiger partial charge in [-0.1, -0.05) is 17.8 Å². The number of nitrogens with zero attached hydrogens (tertiary/aromatic N) is 4. The Morgan fingerprint density at radius 2 is 2.30 bits per heavy atom. The highest BCUT2D eigenvalue weighted by molar-refractivity contribution is 7.99. The molecule has 2 heterocycles. The van der Waals surface area contributed by atoms with E-state index in [0.29, 0.717) is 11.0 Å². The molecule has 1 fully saturated rings. The van der Waals surface area contributed by atoms with Crippen molar-refractivity contribution < 1.29 is 4.79 Å². The molecular weight excluding hydrogens is 332 g/mol. The van der Waals surface area contributed by atoms with Crippen LogP contribution in [0.25, 0.3) is 10.7 Å². The summed E-state index contributed by atoms with van der Waals surface area (Å²) in [5, 5.41) is 22.6. The number of nitrogens with one attached hydrogen (secondary N) is 1. The molecule has 1 aliphatic rings. The van der Waals surface area contributed by atoms with Gasteiger partial charge in [0, 0.05) is 0 Å². The standard InChI is InChI=1S/C14H16N6OS2/c15-9-14(5-1-2-6-14)17-11(21)8-23-13-19-18-12(20(13)16)10-4-3-7-22-10/h3-4,7H,1-2,5-6,8,16H2,(H,17,21). The molecule has 0 aliphatic heterocycles. The molecule has 0 aromatic carbocycles. The quantitative estimate of drug-likeness (QED) is 0.629. The van der Waals surface area contributed by atoms with E-state index in [1.54, 1.807) is 0 Å². The molecule has 2 aromatic heterocycles. The first-order chi connectivity index (χ1) is 11.1. The van der Waals surface area contributed by atoms with Crippen LogP contribution < -0.4 is 11.2 Å². The van der Waals surface area contributed by atoms with Crippen molar-refractivity contribution in [3.63, 3.8) is 0 Å². The second-order valence-corrected chi connectivity index (χ2v) is 7.28. The number of nitrogens with two attached hydrogens (primary N) is 1. The topological polar surface area (TPSA) is 110 Å². The highest BCUT2D eigenvalue weighted by atomic mass is 32.2. The van der Waals surface area contributed by atoms with Gasteiger partial charge in [-0.15, -0.1) is 21.5 Å². The Labute approximate surface area is 141 Å². The Bertz CT molecular complexity index is 727. The lowest BCUT2D eigenvalue weighted by Crippen LogP contribution is -2.45. The smallest absolute Gasteiger partial charge is 0.231 e. The summed E-state index contributed by atoms with van der Waals surface area (Å²) in [4.78, 5) is 13.0. The number of thiophene rings is 1. The van der Waals surface area contributed by atoms with Gasteiger partial charge in [0.2, 0.25) is 11.1 Å². The minimum atomic E-state index is -0.698. The van der Waals surface area contributed by atoms with Crippen LogP contribution in [0.5, 0.6) is 0 Å². The summed E-state index contributed by atoms with van der Waals surface area (Å²) in [6.45, 7) is 0. The van der Waals surface area contributed by atoms with Gasteiger partial charge in [0.15, 0.2) is 5.82 Å². The molecule has 1 aliphatic carbocycles. The molecule has 0 unspecified atom stereocenters. The van der Waals surface area contributed by atoms with E-state index in [-0.39, 0.29) is 11.7 Å². The Kier molecular flexibility index (Phi) is 4.54. The van der Waals surface area contributed by atoms with Crippen molar-refractivity contribution in [3.8, 4) is 16.8 Å². The van der Waals surface area contributed by atoms with Crippen molar-refractivity contribution in [2.75, 3.05) is 11.6 Å². The summed E-state index contributed by atoms with van der Waals surface area (Å²) in [6.07, 6.45) is 3.38. The fourth-order valence-electron chi connectivity index (χ4n) is 2.63. The van der Waals surface area contributed by atoms with Crippen molar-refractivity contribution in [1.82, 2.24) is 20.2 Å². The van der Waals surface area contributed by atoms with E-state index in [1.165, 1.54) is 27.8 Å². The zero-order valence-corrected chi connectivity index (χ0v) is 14.0. The average Bonchev–Trinajstić information content (AvgIpc) is 3.27. The molecule has 2 aromatic rings. The average molecular weight is 348 g/mol. The fraction of sp³-hybridized carbons (Fsp3) is 0.429. The minimum absolute atomic E-state index is 0.156. The highest BCUT2D eigenvalue weighted by Gasteiger charge is 2.35. The van der Waals surface area contributed by atoms with Crippen molar-refractivity contribution >= 4 is 29.0 Å². The van der Waals surface area contributed by atoms with Gasteiger partial charge in [-0.05, 0) is 37.1 Å². The summed E-state index contributed by atoms with van der Waals surface area (Å²) < 4.78 is 1.39. The number of hydrogen-bond acceptors (Lipinski definition) is 7. The molecule has 0 spiro atoms. The van der Waals surface area contributed by atoms with Crippen LogP contribution in [-0.4, -0.2) is 32.1 Å². The van der Waals surface area contributed by atoms with Crippen molar-refractivity contribution in [3.05, 3.63) is 17.5 Å². The molecule has 3 N–H and O–H groups in total. The van der Waals surface area contributed by atoms with Crippen molar-refractivity contribution in [1.29, 1.82) is 5.26 Å². The number of thioether (sulfide) groups is 1. The zero-order valence-electron chi connectivity index (χ0n) is 12.4. The van der Waals surface area contributed by atoms with E-state index in [9.17, 15) is 10.1 Å². The van der Waals surface area contributed by atoms with Crippen molar-refractivity contribution in [2.24, 2.45) is 0 Å². The third kappa shape index (κ3) is 3.33. The lowest BCUT2D eigenvalue weighted by molar-refractivity contribution is -0.119. The highest BCUT2D eigenvalue weighted by Crippen LogP contribution is 2.29. The molecule has 7 nitrogen and oxygen atoms in total. The van der Waals surface area contributed by atoms with Crippen molar-refractivity contribution in [2.45, 2.75) is 36.4 Å². The number of nitrogen functional groups attached to an aromatic ring is 1. The van der Waals surface area contributed by atoms with Crippen LogP contribution in [0.1, 0.15) is 25.7 Å². The van der Waals surface area contributed by atoms with Crippen LogP contribution >= 0.6 is 23.1 Å². The van der Waals surface area contributed by atoms with Gasteiger partial charge in [-0.3, -0.25) is 4.79 Å². The largest absolute Gasteiger partial charge is 0.337 e. The zero-order chi connectivity index (χ0) is 16.3. The lowest BCUT2D eigenvalue weighted by Gasteiger charge is -2.21. The number of hydrogen-bond donors (Lipinski definition) is 2. The maximum atomic E-state index is 12.1. The molecule has 23 heavy (non-hydrogen) atoms. The van der Waals surface area contributed by atoms with Gasteiger partial charge in [-0.25, -0.2) is 4.68 Å². The predicted molar refractivity (Wildman–Crippen MR) is 89.2 cm³/mol. The number of aromatic nitrogens is 3.